The Morgan fingerprint density at radius 1 is 1.04 bits per heavy atom. The lowest BCUT2D eigenvalue weighted by molar-refractivity contribution is 1.02. The van der Waals surface area contributed by atoms with Gasteiger partial charge in [-0.2, -0.15) is 0 Å². The van der Waals surface area contributed by atoms with Crippen LogP contribution in [0.4, 0.5) is 11.5 Å². The highest BCUT2D eigenvalue weighted by Gasteiger charge is 2.12. The SMILES string of the molecule is [C-]#[N+]c1ccc2c(-c3ccccn3)nnc(NCc3ccc(C)c(Cl)c3)c2c1. The molecule has 0 aliphatic heterocycles. The predicted molar refractivity (Wildman–Crippen MR) is 113 cm³/mol. The van der Waals surface area contributed by atoms with Gasteiger partial charge in [0, 0.05) is 28.5 Å². The highest BCUT2D eigenvalue weighted by atomic mass is 35.5. The van der Waals surface area contributed by atoms with Crippen LogP contribution in [0.25, 0.3) is 27.0 Å². The number of anilines is 1. The predicted octanol–water partition coefficient (Wildman–Crippen LogP) is 5.82. The number of pyridine rings is 1. The van der Waals surface area contributed by atoms with E-state index >= 15 is 0 Å². The molecule has 0 fully saturated rings. The second-order valence-electron chi connectivity index (χ2n) is 6.39. The van der Waals surface area contributed by atoms with Crippen molar-refractivity contribution >= 4 is 33.9 Å². The fraction of sp³-hybridized carbons (Fsp3) is 0.0909. The zero-order chi connectivity index (χ0) is 19.5. The van der Waals surface area contributed by atoms with Gasteiger partial charge in [-0.1, -0.05) is 41.9 Å². The van der Waals surface area contributed by atoms with E-state index in [0.717, 1.165) is 32.6 Å². The Hall–Kier alpha value is -3.49. The van der Waals surface area contributed by atoms with Crippen LogP contribution in [0.2, 0.25) is 5.02 Å². The summed E-state index contributed by atoms with van der Waals surface area (Å²) in [5.74, 6) is 0.622. The van der Waals surface area contributed by atoms with Crippen molar-refractivity contribution in [3.05, 3.63) is 88.4 Å². The molecule has 0 aliphatic rings. The maximum Gasteiger partial charge on any atom is 0.188 e. The van der Waals surface area contributed by atoms with Gasteiger partial charge < -0.3 is 5.32 Å². The van der Waals surface area contributed by atoms with Gasteiger partial charge in [-0.25, -0.2) is 4.85 Å². The third-order valence-electron chi connectivity index (χ3n) is 4.50. The van der Waals surface area contributed by atoms with Gasteiger partial charge in [0.05, 0.1) is 12.3 Å². The van der Waals surface area contributed by atoms with Crippen LogP contribution < -0.4 is 5.32 Å². The van der Waals surface area contributed by atoms with Crippen LogP contribution >= 0.6 is 11.6 Å². The van der Waals surface area contributed by atoms with Gasteiger partial charge in [-0.05, 0) is 42.3 Å². The lowest BCUT2D eigenvalue weighted by Crippen LogP contribution is -2.04. The molecular weight excluding hydrogens is 370 g/mol. The number of rotatable bonds is 4. The number of benzene rings is 2. The Balaban J connectivity index is 1.76. The Morgan fingerprint density at radius 3 is 2.68 bits per heavy atom. The molecule has 2 aromatic carbocycles. The van der Waals surface area contributed by atoms with Crippen LogP contribution in [0.5, 0.6) is 0 Å². The van der Waals surface area contributed by atoms with E-state index in [1.165, 1.54) is 0 Å². The lowest BCUT2D eigenvalue weighted by Gasteiger charge is -2.12. The molecule has 5 nitrogen and oxygen atoms in total. The van der Waals surface area contributed by atoms with Crippen LogP contribution in [0, 0.1) is 13.5 Å². The molecule has 0 spiro atoms. The van der Waals surface area contributed by atoms with Crippen LogP contribution in [0.3, 0.4) is 0 Å². The second-order valence-corrected chi connectivity index (χ2v) is 6.80. The maximum absolute atomic E-state index is 7.33. The average Bonchev–Trinajstić information content (AvgIpc) is 2.74. The van der Waals surface area contributed by atoms with Gasteiger partial charge in [-0.3, -0.25) is 4.98 Å². The number of aryl methyl sites for hydroxylation is 1. The smallest absolute Gasteiger partial charge is 0.188 e. The van der Waals surface area contributed by atoms with Crippen LogP contribution in [-0.4, -0.2) is 15.2 Å². The van der Waals surface area contributed by atoms with Gasteiger partial charge >= 0.3 is 0 Å². The van der Waals surface area contributed by atoms with E-state index in [1.54, 1.807) is 12.3 Å². The summed E-state index contributed by atoms with van der Waals surface area (Å²) < 4.78 is 0. The van der Waals surface area contributed by atoms with Crippen molar-refractivity contribution in [2.75, 3.05) is 5.32 Å². The summed E-state index contributed by atoms with van der Waals surface area (Å²) in [6.45, 7) is 9.85. The van der Waals surface area contributed by atoms with Crippen molar-refractivity contribution < 1.29 is 0 Å². The summed E-state index contributed by atoms with van der Waals surface area (Å²) >= 11 is 6.22. The first-order valence-corrected chi connectivity index (χ1v) is 9.12. The fourth-order valence-corrected chi connectivity index (χ4v) is 3.17. The molecule has 0 saturated heterocycles. The molecule has 2 aromatic heterocycles. The Kier molecular flexibility index (Phi) is 4.88. The Labute approximate surface area is 167 Å². The topological polar surface area (TPSA) is 55.1 Å². The van der Waals surface area contributed by atoms with Gasteiger partial charge in [0.15, 0.2) is 11.5 Å². The van der Waals surface area contributed by atoms with Crippen molar-refractivity contribution in [3.8, 4) is 11.4 Å². The van der Waals surface area contributed by atoms with Crippen molar-refractivity contribution in [2.24, 2.45) is 0 Å². The molecule has 0 bridgehead atoms. The number of halogens is 1. The summed E-state index contributed by atoms with van der Waals surface area (Å²) in [6.07, 6.45) is 1.73. The quantitative estimate of drug-likeness (QED) is 0.450. The van der Waals surface area contributed by atoms with Crippen molar-refractivity contribution in [1.82, 2.24) is 15.2 Å². The molecule has 28 heavy (non-hydrogen) atoms. The molecule has 2 heterocycles. The van der Waals surface area contributed by atoms with Crippen LogP contribution in [0.1, 0.15) is 11.1 Å². The molecule has 0 radical (unpaired) electrons. The van der Waals surface area contributed by atoms with Crippen LogP contribution in [0.15, 0.2) is 60.8 Å². The number of aromatic nitrogens is 3. The summed E-state index contributed by atoms with van der Waals surface area (Å²) in [5.41, 5.74) is 4.06. The maximum atomic E-state index is 7.33. The first-order valence-electron chi connectivity index (χ1n) is 8.74. The summed E-state index contributed by atoms with van der Waals surface area (Å²) in [5, 5.41) is 14.6. The van der Waals surface area contributed by atoms with E-state index in [0.29, 0.717) is 23.7 Å². The van der Waals surface area contributed by atoms with Gasteiger partial charge in [-0.15, -0.1) is 10.2 Å². The van der Waals surface area contributed by atoms with Crippen LogP contribution in [-0.2, 0) is 6.54 Å². The third-order valence-corrected chi connectivity index (χ3v) is 4.90. The molecule has 4 rings (SSSR count). The van der Waals surface area contributed by atoms with E-state index in [4.69, 9.17) is 18.2 Å². The number of hydrogen-bond acceptors (Lipinski definition) is 4. The van der Waals surface area contributed by atoms with E-state index in [-0.39, 0.29) is 0 Å². The van der Waals surface area contributed by atoms with Gasteiger partial charge in [0.1, 0.15) is 5.69 Å². The highest BCUT2D eigenvalue weighted by molar-refractivity contribution is 6.31. The molecule has 6 heteroatoms. The van der Waals surface area contributed by atoms with Gasteiger partial charge in [0.25, 0.3) is 0 Å². The number of hydrogen-bond donors (Lipinski definition) is 1. The number of fused-ring (bicyclic) bond motifs is 1. The zero-order valence-corrected chi connectivity index (χ0v) is 15.9. The molecule has 4 aromatic rings. The average molecular weight is 386 g/mol. The molecule has 0 atom stereocenters. The summed E-state index contributed by atoms with van der Waals surface area (Å²) in [4.78, 5) is 7.93. The third kappa shape index (κ3) is 3.51. The largest absolute Gasteiger partial charge is 0.364 e. The number of nitrogens with one attached hydrogen (secondary N) is 1. The molecule has 0 unspecified atom stereocenters. The van der Waals surface area contributed by atoms with Crippen molar-refractivity contribution in [1.29, 1.82) is 0 Å². The van der Waals surface area contributed by atoms with Crippen molar-refractivity contribution in [3.63, 3.8) is 0 Å². The van der Waals surface area contributed by atoms with Crippen molar-refractivity contribution in [2.45, 2.75) is 13.5 Å². The first kappa shape index (κ1) is 17.9. The molecule has 0 saturated carbocycles. The minimum absolute atomic E-state index is 0.550. The minimum Gasteiger partial charge on any atom is -0.364 e. The lowest BCUT2D eigenvalue weighted by atomic mass is 10.1. The van der Waals surface area contributed by atoms with E-state index in [9.17, 15) is 0 Å². The first-order chi connectivity index (χ1) is 13.7. The molecule has 0 aliphatic carbocycles. The summed E-state index contributed by atoms with van der Waals surface area (Å²) in [6, 6.07) is 17.1. The second kappa shape index (κ2) is 7.63. The zero-order valence-electron chi connectivity index (χ0n) is 15.1. The molecule has 136 valence electrons. The monoisotopic (exact) mass is 385 g/mol. The highest BCUT2D eigenvalue weighted by Crippen LogP contribution is 2.32. The summed E-state index contributed by atoms with van der Waals surface area (Å²) in [7, 11) is 0. The van der Waals surface area contributed by atoms with E-state index < -0.39 is 0 Å². The van der Waals surface area contributed by atoms with Gasteiger partial charge in [0.2, 0.25) is 0 Å². The fourth-order valence-electron chi connectivity index (χ4n) is 2.97. The molecule has 0 amide bonds. The molecule has 1 N–H and O–H groups in total. The van der Waals surface area contributed by atoms with E-state index in [2.05, 4.69) is 25.3 Å². The Morgan fingerprint density at radius 2 is 1.93 bits per heavy atom. The molecular formula is C22H16ClN5. The number of nitrogens with zero attached hydrogens (tertiary/aromatic N) is 4. The standard InChI is InChI=1S/C22H16ClN5/c1-14-6-7-15(11-19(14)23)13-26-22-18-12-16(24-2)8-9-17(18)21(27-28-22)20-5-3-4-10-25-20/h3-12H,13H2,1H3,(H,26,28). The minimum atomic E-state index is 0.550. The van der Waals surface area contributed by atoms with E-state index in [1.807, 2.05) is 55.5 Å². The Bertz CT molecular complexity index is 1200. The normalized spacial score (nSPS) is 10.6.